The zero-order valence-electron chi connectivity index (χ0n) is 15.8. The summed E-state index contributed by atoms with van der Waals surface area (Å²) >= 11 is 0. The number of fused-ring (bicyclic) bond motifs is 1. The number of nitrogens with zero attached hydrogens (tertiary/aromatic N) is 1. The van der Waals surface area contributed by atoms with E-state index in [1.165, 1.54) is 0 Å². The number of aryl methyl sites for hydroxylation is 1. The molecule has 0 saturated heterocycles. The maximum Gasteiger partial charge on any atom is 0.261 e. The quantitative estimate of drug-likeness (QED) is 0.690. The number of allylic oxidation sites excluding steroid dienone is 1. The van der Waals surface area contributed by atoms with Crippen LogP contribution in [0.5, 0.6) is 5.75 Å². The lowest BCUT2D eigenvalue weighted by atomic mass is 10.1. The van der Waals surface area contributed by atoms with Gasteiger partial charge in [-0.25, -0.2) is 13.4 Å². The number of hydrogen-bond acceptors (Lipinski definition) is 4. The number of nitrogens with one attached hydrogen (secondary N) is 1. The van der Waals surface area contributed by atoms with Gasteiger partial charge in [-0.05, 0) is 51.1 Å². The molecular formula is C21H22N2O3S. The molecule has 0 aliphatic heterocycles. The molecule has 1 aromatic heterocycles. The molecule has 0 unspecified atom stereocenters. The average molecular weight is 382 g/mol. The topological polar surface area (TPSA) is 68.3 Å². The molecule has 0 aliphatic rings. The highest BCUT2D eigenvalue weighted by atomic mass is 32.2. The summed E-state index contributed by atoms with van der Waals surface area (Å²) in [7, 11) is -2.20. The number of benzene rings is 2. The predicted octanol–water partition coefficient (Wildman–Crippen LogP) is 4.78. The number of pyridine rings is 1. The Bertz CT molecular complexity index is 1110. The molecule has 6 heteroatoms. The maximum atomic E-state index is 12.8. The van der Waals surface area contributed by atoms with Crippen molar-refractivity contribution >= 4 is 32.7 Å². The van der Waals surface area contributed by atoms with Crippen LogP contribution in [0.2, 0.25) is 0 Å². The third kappa shape index (κ3) is 4.28. The maximum absolute atomic E-state index is 12.8. The first-order valence-electron chi connectivity index (χ1n) is 8.52. The van der Waals surface area contributed by atoms with Crippen LogP contribution in [0.25, 0.3) is 17.0 Å². The van der Waals surface area contributed by atoms with E-state index in [4.69, 9.17) is 4.74 Å². The van der Waals surface area contributed by atoms with Gasteiger partial charge in [-0.1, -0.05) is 29.3 Å². The van der Waals surface area contributed by atoms with Crippen molar-refractivity contribution in [3.8, 4) is 5.75 Å². The number of aromatic nitrogens is 1. The van der Waals surface area contributed by atoms with Crippen molar-refractivity contribution in [3.05, 3.63) is 65.4 Å². The minimum absolute atomic E-state index is 0.199. The van der Waals surface area contributed by atoms with Crippen molar-refractivity contribution in [2.75, 3.05) is 11.8 Å². The Labute approximate surface area is 159 Å². The molecular weight excluding hydrogens is 360 g/mol. The number of rotatable bonds is 5. The molecule has 1 N–H and O–H groups in total. The molecule has 0 saturated carbocycles. The number of anilines is 1. The molecule has 27 heavy (non-hydrogen) atoms. The number of hydrogen-bond donors (Lipinski definition) is 1. The highest BCUT2D eigenvalue weighted by molar-refractivity contribution is 7.92. The minimum Gasteiger partial charge on any atom is -0.497 e. The second-order valence-corrected chi connectivity index (χ2v) is 8.31. The first kappa shape index (κ1) is 18.9. The third-order valence-corrected chi connectivity index (χ3v) is 5.42. The molecule has 0 spiro atoms. The van der Waals surface area contributed by atoms with Crippen LogP contribution >= 0.6 is 0 Å². The summed E-state index contributed by atoms with van der Waals surface area (Å²) in [5.41, 5.74) is 3.82. The van der Waals surface area contributed by atoms with E-state index in [2.05, 4.69) is 9.71 Å². The van der Waals surface area contributed by atoms with E-state index >= 15 is 0 Å². The molecule has 1 heterocycles. The summed E-state index contributed by atoms with van der Waals surface area (Å²) in [6.07, 6.45) is 1.95. The Morgan fingerprint density at radius 1 is 1.07 bits per heavy atom. The molecule has 3 aromatic rings. The normalized spacial score (nSPS) is 11.3. The fraction of sp³-hybridized carbons (Fsp3) is 0.190. The van der Waals surface area contributed by atoms with E-state index in [0.29, 0.717) is 17.0 Å². The molecule has 2 aromatic carbocycles. The summed E-state index contributed by atoms with van der Waals surface area (Å²) < 4.78 is 33.6. The average Bonchev–Trinajstić information content (AvgIpc) is 2.61. The number of ether oxygens (including phenoxy) is 1. The van der Waals surface area contributed by atoms with E-state index in [-0.39, 0.29) is 4.90 Å². The van der Waals surface area contributed by atoms with Gasteiger partial charge in [0.25, 0.3) is 10.0 Å². The lowest BCUT2D eigenvalue weighted by Gasteiger charge is -2.13. The Kier molecular flexibility index (Phi) is 5.19. The fourth-order valence-electron chi connectivity index (χ4n) is 2.72. The van der Waals surface area contributed by atoms with Gasteiger partial charge in [0.2, 0.25) is 0 Å². The molecule has 0 amide bonds. The molecule has 0 atom stereocenters. The SMILES string of the molecule is COc1cc(NS(=O)(=O)c2ccc(C)cc2)c2nc(C=C(C)C)ccc2c1. The van der Waals surface area contributed by atoms with Gasteiger partial charge in [0.15, 0.2) is 0 Å². The summed E-state index contributed by atoms with van der Waals surface area (Å²) in [5.74, 6) is 0.556. The van der Waals surface area contributed by atoms with Crippen LogP contribution < -0.4 is 9.46 Å². The van der Waals surface area contributed by atoms with Gasteiger partial charge in [-0.3, -0.25) is 4.72 Å². The summed E-state index contributed by atoms with van der Waals surface area (Å²) in [6.45, 7) is 5.88. The van der Waals surface area contributed by atoms with Crippen molar-refractivity contribution in [2.45, 2.75) is 25.7 Å². The zero-order valence-corrected chi connectivity index (χ0v) is 16.6. The Morgan fingerprint density at radius 3 is 2.41 bits per heavy atom. The summed E-state index contributed by atoms with van der Waals surface area (Å²) in [6, 6.07) is 14.0. The van der Waals surface area contributed by atoms with Crippen LogP contribution in [0.3, 0.4) is 0 Å². The van der Waals surface area contributed by atoms with Crippen LogP contribution in [0.4, 0.5) is 5.69 Å². The van der Waals surface area contributed by atoms with Crippen LogP contribution in [-0.2, 0) is 10.0 Å². The van der Waals surface area contributed by atoms with Gasteiger partial charge in [0.05, 0.1) is 28.9 Å². The van der Waals surface area contributed by atoms with E-state index in [1.54, 1.807) is 37.4 Å². The van der Waals surface area contributed by atoms with E-state index in [1.807, 2.05) is 45.0 Å². The van der Waals surface area contributed by atoms with Gasteiger partial charge in [0, 0.05) is 11.5 Å². The van der Waals surface area contributed by atoms with Crippen molar-refractivity contribution in [1.29, 1.82) is 0 Å². The van der Waals surface area contributed by atoms with Gasteiger partial charge in [-0.2, -0.15) is 0 Å². The van der Waals surface area contributed by atoms with Crippen LogP contribution in [-0.4, -0.2) is 20.5 Å². The first-order chi connectivity index (χ1) is 12.8. The molecule has 0 aliphatic carbocycles. The Morgan fingerprint density at radius 2 is 1.78 bits per heavy atom. The first-order valence-corrected chi connectivity index (χ1v) is 10.00. The summed E-state index contributed by atoms with van der Waals surface area (Å²) in [5, 5.41) is 0.793. The second-order valence-electron chi connectivity index (χ2n) is 6.62. The van der Waals surface area contributed by atoms with Crippen molar-refractivity contribution in [1.82, 2.24) is 4.98 Å². The van der Waals surface area contributed by atoms with E-state index < -0.39 is 10.0 Å². The monoisotopic (exact) mass is 382 g/mol. The largest absolute Gasteiger partial charge is 0.497 e. The van der Waals surface area contributed by atoms with Crippen LogP contribution in [0.15, 0.2) is 59.0 Å². The van der Waals surface area contributed by atoms with Crippen molar-refractivity contribution in [3.63, 3.8) is 0 Å². The van der Waals surface area contributed by atoms with Crippen molar-refractivity contribution < 1.29 is 13.2 Å². The second kappa shape index (κ2) is 7.40. The lowest BCUT2D eigenvalue weighted by molar-refractivity contribution is 0.415. The van der Waals surface area contributed by atoms with Gasteiger partial charge in [-0.15, -0.1) is 0 Å². The van der Waals surface area contributed by atoms with E-state index in [9.17, 15) is 8.42 Å². The van der Waals surface area contributed by atoms with Crippen LogP contribution in [0.1, 0.15) is 25.1 Å². The third-order valence-electron chi connectivity index (χ3n) is 4.04. The smallest absolute Gasteiger partial charge is 0.261 e. The number of sulfonamides is 1. The number of methoxy groups -OCH3 is 1. The molecule has 0 bridgehead atoms. The van der Waals surface area contributed by atoms with E-state index in [0.717, 1.165) is 22.2 Å². The molecule has 140 valence electrons. The molecule has 0 fully saturated rings. The molecule has 5 nitrogen and oxygen atoms in total. The molecule has 3 rings (SSSR count). The summed E-state index contributed by atoms with van der Waals surface area (Å²) in [4.78, 5) is 4.82. The highest BCUT2D eigenvalue weighted by Gasteiger charge is 2.17. The zero-order chi connectivity index (χ0) is 19.6. The Hall–Kier alpha value is -2.86. The highest BCUT2D eigenvalue weighted by Crippen LogP contribution is 2.30. The fourth-order valence-corrected chi connectivity index (χ4v) is 3.77. The Balaban J connectivity index is 2.13. The van der Waals surface area contributed by atoms with Gasteiger partial charge in [0.1, 0.15) is 5.75 Å². The van der Waals surface area contributed by atoms with Crippen LogP contribution in [0, 0.1) is 6.92 Å². The standard InChI is InChI=1S/C21H22N2O3S/c1-14(2)11-17-8-7-16-12-18(26-4)13-20(21(16)22-17)23-27(24,25)19-9-5-15(3)6-10-19/h5-13,23H,1-4H3. The minimum atomic E-state index is -3.74. The van der Waals surface area contributed by atoms with Crippen molar-refractivity contribution in [2.24, 2.45) is 0 Å². The van der Waals surface area contributed by atoms with Gasteiger partial charge >= 0.3 is 0 Å². The van der Waals surface area contributed by atoms with Gasteiger partial charge < -0.3 is 4.74 Å². The predicted molar refractivity (Wildman–Crippen MR) is 110 cm³/mol. The lowest BCUT2D eigenvalue weighted by Crippen LogP contribution is -2.13. The molecule has 0 radical (unpaired) electrons.